The highest BCUT2D eigenvalue weighted by Gasteiger charge is 2.40. The van der Waals surface area contributed by atoms with E-state index in [2.05, 4.69) is 5.32 Å². The lowest BCUT2D eigenvalue weighted by Crippen LogP contribution is -2.53. The number of rotatable bonds is 4. The number of nitrogens with one attached hydrogen (secondary N) is 1. The molecule has 112 valence electrons. The third-order valence-corrected chi connectivity index (χ3v) is 5.04. The van der Waals surface area contributed by atoms with Crippen molar-refractivity contribution < 1.29 is 4.79 Å². The third-order valence-electron chi connectivity index (χ3n) is 4.14. The van der Waals surface area contributed by atoms with Gasteiger partial charge in [0.25, 0.3) is 0 Å². The average molecular weight is 302 g/mol. The Kier molecular flexibility index (Phi) is 4.21. The summed E-state index contributed by atoms with van der Waals surface area (Å²) < 4.78 is 0. The maximum atomic E-state index is 12.6. The summed E-state index contributed by atoms with van der Waals surface area (Å²) in [7, 11) is 0. The lowest BCUT2D eigenvalue weighted by Gasteiger charge is -2.37. The van der Waals surface area contributed by atoms with Crippen LogP contribution in [-0.2, 0) is 4.79 Å². The largest absolute Gasteiger partial charge is 0.325 e. The van der Waals surface area contributed by atoms with Crippen LogP contribution in [-0.4, -0.2) is 11.4 Å². The molecule has 1 amide bonds. The van der Waals surface area contributed by atoms with Gasteiger partial charge in [-0.2, -0.15) is 0 Å². The van der Waals surface area contributed by atoms with Gasteiger partial charge in [0.15, 0.2) is 0 Å². The summed E-state index contributed by atoms with van der Waals surface area (Å²) in [5, 5.41) is 5.06. The Morgan fingerprint density at radius 2 is 1.76 bits per heavy atom. The molecule has 0 aliphatic carbocycles. The summed E-state index contributed by atoms with van der Waals surface area (Å²) in [5.41, 5.74) is 6.72. The fourth-order valence-corrected chi connectivity index (χ4v) is 2.58. The minimum atomic E-state index is -0.671. The third kappa shape index (κ3) is 3.17. The van der Waals surface area contributed by atoms with Gasteiger partial charge in [0.05, 0.1) is 5.41 Å². The van der Waals surface area contributed by atoms with Gasteiger partial charge in [-0.3, -0.25) is 4.79 Å². The Bertz CT molecular complexity index is 624. The van der Waals surface area contributed by atoms with Crippen LogP contribution in [0, 0.1) is 5.41 Å². The number of carbonyl (C=O) groups is 1. The topological polar surface area (TPSA) is 55.1 Å². The van der Waals surface area contributed by atoms with E-state index >= 15 is 0 Å². The Hall–Kier alpha value is -1.65. The average Bonchev–Trinajstić information content (AvgIpc) is 2.91. The van der Waals surface area contributed by atoms with Crippen LogP contribution in [0.25, 0.3) is 10.4 Å². The quantitative estimate of drug-likeness (QED) is 0.892. The number of para-hydroxylation sites is 1. The molecule has 0 unspecified atom stereocenters. The first-order chi connectivity index (χ1) is 9.73. The van der Waals surface area contributed by atoms with Crippen LogP contribution < -0.4 is 11.1 Å². The first kappa shape index (κ1) is 15.7. The zero-order valence-electron chi connectivity index (χ0n) is 12.9. The molecule has 0 atom stereocenters. The zero-order chi connectivity index (χ0) is 15.7. The highest BCUT2D eigenvalue weighted by molar-refractivity contribution is 7.13. The molecule has 3 nitrogen and oxygen atoms in total. The lowest BCUT2D eigenvalue weighted by molar-refractivity contribution is -0.126. The van der Waals surface area contributed by atoms with Crippen molar-refractivity contribution in [2.24, 2.45) is 11.1 Å². The molecule has 2 rings (SSSR count). The van der Waals surface area contributed by atoms with Crippen LogP contribution in [0.2, 0.25) is 0 Å². The van der Waals surface area contributed by atoms with Gasteiger partial charge in [-0.1, -0.05) is 24.3 Å². The number of benzene rings is 1. The highest BCUT2D eigenvalue weighted by Crippen LogP contribution is 2.34. The van der Waals surface area contributed by atoms with E-state index in [0.29, 0.717) is 0 Å². The second kappa shape index (κ2) is 5.62. The van der Waals surface area contributed by atoms with Crippen LogP contribution in [0.4, 0.5) is 5.69 Å². The van der Waals surface area contributed by atoms with Crippen molar-refractivity contribution in [3.05, 3.63) is 41.8 Å². The highest BCUT2D eigenvalue weighted by atomic mass is 32.1. The van der Waals surface area contributed by atoms with Gasteiger partial charge in [0.1, 0.15) is 0 Å². The molecule has 0 saturated carbocycles. The number of anilines is 1. The van der Waals surface area contributed by atoms with Crippen LogP contribution in [0.5, 0.6) is 0 Å². The smallest absolute Gasteiger partial charge is 0.231 e. The van der Waals surface area contributed by atoms with Crippen molar-refractivity contribution in [3.63, 3.8) is 0 Å². The summed E-state index contributed by atoms with van der Waals surface area (Å²) in [5.74, 6) is -0.0704. The van der Waals surface area contributed by atoms with Gasteiger partial charge in [0, 0.05) is 21.7 Å². The molecule has 0 saturated heterocycles. The summed E-state index contributed by atoms with van der Waals surface area (Å²) >= 11 is 1.65. The Morgan fingerprint density at radius 1 is 1.10 bits per heavy atom. The Balaban J connectivity index is 2.31. The minimum Gasteiger partial charge on any atom is -0.325 e. The molecule has 1 heterocycles. The number of carbonyl (C=O) groups excluding carboxylic acids is 1. The molecule has 0 spiro atoms. The van der Waals surface area contributed by atoms with Crippen molar-refractivity contribution >= 4 is 22.9 Å². The molecule has 2 aromatic rings. The number of nitrogens with two attached hydrogens (primary N) is 1. The first-order valence-corrected chi connectivity index (χ1v) is 7.84. The molecule has 1 aromatic carbocycles. The Morgan fingerprint density at radius 3 is 2.33 bits per heavy atom. The molecular formula is C17H22N2OS. The van der Waals surface area contributed by atoms with Gasteiger partial charge >= 0.3 is 0 Å². The maximum absolute atomic E-state index is 12.6. The molecule has 1 aromatic heterocycles. The van der Waals surface area contributed by atoms with Crippen molar-refractivity contribution in [1.82, 2.24) is 0 Å². The van der Waals surface area contributed by atoms with E-state index in [1.165, 1.54) is 0 Å². The number of hydrogen-bond donors (Lipinski definition) is 2. The van der Waals surface area contributed by atoms with Gasteiger partial charge in [0.2, 0.25) is 5.91 Å². The molecule has 0 radical (unpaired) electrons. The monoisotopic (exact) mass is 302 g/mol. The molecule has 3 N–H and O–H groups in total. The SMILES string of the molecule is CC(C)(N)C(C)(C)C(=O)Nc1ccccc1-c1cccs1. The molecule has 0 fully saturated rings. The summed E-state index contributed by atoms with van der Waals surface area (Å²) in [6, 6.07) is 11.9. The van der Waals surface area contributed by atoms with E-state index < -0.39 is 11.0 Å². The molecular weight excluding hydrogens is 280 g/mol. The fourth-order valence-electron chi connectivity index (χ4n) is 1.81. The second-order valence-electron chi connectivity index (χ2n) is 6.32. The predicted octanol–water partition coefficient (Wildman–Crippen LogP) is 4.12. The minimum absolute atomic E-state index is 0.0704. The normalized spacial score (nSPS) is 12.2. The molecule has 4 heteroatoms. The number of hydrogen-bond acceptors (Lipinski definition) is 3. The van der Waals surface area contributed by atoms with Crippen LogP contribution >= 0.6 is 11.3 Å². The molecule has 0 bridgehead atoms. The van der Waals surface area contributed by atoms with Gasteiger partial charge < -0.3 is 11.1 Å². The number of amides is 1. The predicted molar refractivity (Wildman–Crippen MR) is 90.4 cm³/mol. The number of thiophene rings is 1. The summed E-state index contributed by atoms with van der Waals surface area (Å²) in [6.07, 6.45) is 0. The van der Waals surface area contributed by atoms with Crippen molar-refractivity contribution in [1.29, 1.82) is 0 Å². The summed E-state index contributed by atoms with van der Waals surface area (Å²) in [4.78, 5) is 13.7. The van der Waals surface area contributed by atoms with Crippen LogP contribution in [0.3, 0.4) is 0 Å². The van der Waals surface area contributed by atoms with E-state index in [0.717, 1.165) is 16.1 Å². The van der Waals surface area contributed by atoms with E-state index in [1.54, 1.807) is 11.3 Å². The maximum Gasteiger partial charge on any atom is 0.231 e. The zero-order valence-corrected chi connectivity index (χ0v) is 13.8. The molecule has 0 aliphatic rings. The van der Waals surface area contributed by atoms with Crippen molar-refractivity contribution in [2.45, 2.75) is 33.2 Å². The van der Waals surface area contributed by atoms with Crippen LogP contribution in [0.15, 0.2) is 41.8 Å². The standard InChI is InChI=1S/C17H22N2OS/c1-16(2,17(3,4)18)15(20)19-13-9-6-5-8-12(13)14-10-7-11-21-14/h5-11H,18H2,1-4H3,(H,19,20). The molecule has 21 heavy (non-hydrogen) atoms. The van der Waals surface area contributed by atoms with Crippen molar-refractivity contribution in [2.75, 3.05) is 5.32 Å². The van der Waals surface area contributed by atoms with Gasteiger partial charge in [-0.15, -0.1) is 11.3 Å². The first-order valence-electron chi connectivity index (χ1n) is 6.97. The fraction of sp³-hybridized carbons (Fsp3) is 0.353. The van der Waals surface area contributed by atoms with E-state index in [1.807, 2.05) is 69.5 Å². The van der Waals surface area contributed by atoms with E-state index in [-0.39, 0.29) is 5.91 Å². The second-order valence-corrected chi connectivity index (χ2v) is 7.27. The van der Waals surface area contributed by atoms with E-state index in [4.69, 9.17) is 5.73 Å². The Labute approximate surface area is 130 Å². The lowest BCUT2D eigenvalue weighted by atomic mass is 9.74. The van der Waals surface area contributed by atoms with Gasteiger partial charge in [-0.05, 0) is 45.2 Å². The van der Waals surface area contributed by atoms with Crippen molar-refractivity contribution in [3.8, 4) is 10.4 Å². The van der Waals surface area contributed by atoms with Crippen LogP contribution in [0.1, 0.15) is 27.7 Å². The summed E-state index contributed by atoms with van der Waals surface area (Å²) in [6.45, 7) is 7.49. The molecule has 0 aliphatic heterocycles. The van der Waals surface area contributed by atoms with E-state index in [9.17, 15) is 4.79 Å². The van der Waals surface area contributed by atoms with Gasteiger partial charge in [-0.25, -0.2) is 0 Å².